The average molecular weight is 602 g/mol. The van der Waals surface area contributed by atoms with Gasteiger partial charge in [0.25, 0.3) is 0 Å². The molecule has 1 fully saturated rings. The van der Waals surface area contributed by atoms with Gasteiger partial charge < -0.3 is 0 Å². The summed E-state index contributed by atoms with van der Waals surface area (Å²) in [5.74, 6) is -2.02. The van der Waals surface area contributed by atoms with Crippen molar-refractivity contribution < 1.29 is 26.7 Å². The standard InChI is InChI=1S/C32H22Cl2F5NO/c33-26-15-23(16-27(34)29(26)35)25(32(37,38)39)17-28(41)20-11-13-24(14-12-20)31(36)18-40(19-31)30(21-7-3-1-4-8-21)22-9-5-2-6-10-22/h1-17,30H,18-19H2/b25-17-. The molecule has 1 saturated heterocycles. The van der Waals surface area contributed by atoms with E-state index in [2.05, 4.69) is 0 Å². The van der Waals surface area contributed by atoms with Crippen LogP contribution in [0.3, 0.4) is 0 Å². The fraction of sp³-hybridized carbons (Fsp3) is 0.156. The quantitative estimate of drug-likeness (QED) is 0.0910. The van der Waals surface area contributed by atoms with Crippen LogP contribution < -0.4 is 0 Å². The molecule has 4 aromatic carbocycles. The Hall–Kier alpha value is -3.52. The zero-order chi connectivity index (χ0) is 29.4. The first-order valence-electron chi connectivity index (χ1n) is 12.6. The molecule has 4 aromatic rings. The minimum absolute atomic E-state index is 0.0685. The minimum Gasteiger partial charge on any atom is -0.289 e. The van der Waals surface area contributed by atoms with Crippen LogP contribution in [0.4, 0.5) is 22.0 Å². The second-order valence-corrected chi connectivity index (χ2v) is 10.7. The molecule has 0 radical (unpaired) electrons. The predicted octanol–water partition coefficient (Wildman–Crippen LogP) is 9.23. The maximum absolute atomic E-state index is 16.0. The lowest BCUT2D eigenvalue weighted by Gasteiger charge is -2.49. The number of halogens is 7. The molecule has 1 aliphatic rings. The summed E-state index contributed by atoms with van der Waals surface area (Å²) in [4.78, 5) is 14.8. The Morgan fingerprint density at radius 3 is 1.76 bits per heavy atom. The number of ketones is 1. The zero-order valence-electron chi connectivity index (χ0n) is 21.3. The monoisotopic (exact) mass is 601 g/mol. The fourth-order valence-electron chi connectivity index (χ4n) is 5.03. The summed E-state index contributed by atoms with van der Waals surface area (Å²) < 4.78 is 71.1. The van der Waals surface area contributed by atoms with Gasteiger partial charge in [0, 0.05) is 18.7 Å². The van der Waals surface area contributed by atoms with E-state index in [0.29, 0.717) is 11.6 Å². The van der Waals surface area contributed by atoms with Crippen molar-refractivity contribution >= 4 is 34.6 Å². The van der Waals surface area contributed by atoms with E-state index in [1.54, 1.807) is 0 Å². The van der Waals surface area contributed by atoms with Crippen molar-refractivity contribution in [2.75, 3.05) is 13.1 Å². The highest BCUT2D eigenvalue weighted by atomic mass is 35.5. The fourth-order valence-corrected chi connectivity index (χ4v) is 5.52. The van der Waals surface area contributed by atoms with E-state index < -0.39 is 44.6 Å². The third-order valence-electron chi connectivity index (χ3n) is 7.07. The Morgan fingerprint density at radius 2 is 1.29 bits per heavy atom. The number of alkyl halides is 4. The van der Waals surface area contributed by atoms with Gasteiger partial charge in [-0.25, -0.2) is 8.78 Å². The van der Waals surface area contributed by atoms with Crippen molar-refractivity contribution in [3.05, 3.63) is 147 Å². The molecule has 5 rings (SSSR count). The van der Waals surface area contributed by atoms with Crippen LogP contribution in [0.25, 0.3) is 5.57 Å². The highest BCUT2D eigenvalue weighted by molar-refractivity contribution is 6.35. The van der Waals surface area contributed by atoms with E-state index in [0.717, 1.165) is 23.3 Å². The van der Waals surface area contributed by atoms with Crippen molar-refractivity contribution in [2.24, 2.45) is 0 Å². The number of hydrogen-bond acceptors (Lipinski definition) is 2. The van der Waals surface area contributed by atoms with Crippen LogP contribution in [0.5, 0.6) is 0 Å². The summed E-state index contributed by atoms with van der Waals surface area (Å²) in [6.07, 6.45) is -4.55. The molecule has 0 amide bonds. The van der Waals surface area contributed by atoms with Gasteiger partial charge in [-0.1, -0.05) is 108 Å². The first-order valence-corrected chi connectivity index (χ1v) is 13.3. The highest BCUT2D eigenvalue weighted by Crippen LogP contribution is 2.43. The SMILES string of the molecule is O=C(/C=C(/c1cc(Cl)c(F)c(Cl)c1)C(F)(F)F)c1ccc(C2(F)CN(C(c3ccccc3)c3ccccc3)C2)cc1. The molecule has 0 N–H and O–H groups in total. The largest absolute Gasteiger partial charge is 0.417 e. The second-order valence-electron chi connectivity index (χ2n) is 9.85. The summed E-state index contributed by atoms with van der Waals surface area (Å²) in [6.45, 7) is 0.192. The van der Waals surface area contributed by atoms with Gasteiger partial charge in [-0.2, -0.15) is 13.2 Å². The second kappa shape index (κ2) is 11.4. The minimum atomic E-state index is -4.95. The van der Waals surface area contributed by atoms with Gasteiger partial charge in [0.15, 0.2) is 17.3 Å². The van der Waals surface area contributed by atoms with Gasteiger partial charge in [-0.15, -0.1) is 0 Å². The van der Waals surface area contributed by atoms with Crippen molar-refractivity contribution in [3.8, 4) is 0 Å². The van der Waals surface area contributed by atoms with Crippen LogP contribution in [0.15, 0.2) is 103 Å². The first kappa shape index (κ1) is 29.0. The first-order chi connectivity index (χ1) is 19.5. The van der Waals surface area contributed by atoms with E-state index in [1.807, 2.05) is 65.6 Å². The molecule has 2 nitrogen and oxygen atoms in total. The smallest absolute Gasteiger partial charge is 0.289 e. The summed E-state index contributed by atoms with van der Waals surface area (Å²) >= 11 is 11.3. The van der Waals surface area contributed by atoms with Gasteiger partial charge >= 0.3 is 6.18 Å². The van der Waals surface area contributed by atoms with E-state index in [4.69, 9.17) is 23.2 Å². The molecule has 0 atom stereocenters. The van der Waals surface area contributed by atoms with Crippen molar-refractivity contribution in [1.29, 1.82) is 0 Å². The van der Waals surface area contributed by atoms with Gasteiger partial charge in [0.1, 0.15) is 0 Å². The zero-order valence-corrected chi connectivity index (χ0v) is 22.8. The van der Waals surface area contributed by atoms with Crippen LogP contribution in [-0.2, 0) is 5.67 Å². The number of carbonyl (C=O) groups is 1. The number of likely N-dealkylation sites (tertiary alicyclic amines) is 1. The lowest BCUT2D eigenvalue weighted by molar-refractivity contribution is -0.0689. The third kappa shape index (κ3) is 6.08. The predicted molar refractivity (Wildman–Crippen MR) is 150 cm³/mol. The van der Waals surface area contributed by atoms with E-state index >= 15 is 4.39 Å². The van der Waals surface area contributed by atoms with E-state index in [9.17, 15) is 22.4 Å². The van der Waals surface area contributed by atoms with E-state index in [-0.39, 0.29) is 24.7 Å². The number of allylic oxidation sites excluding steroid dienone is 2. The Balaban J connectivity index is 1.36. The molecular formula is C32H22Cl2F5NO. The van der Waals surface area contributed by atoms with Crippen molar-refractivity contribution in [3.63, 3.8) is 0 Å². The number of nitrogens with zero attached hydrogens (tertiary/aromatic N) is 1. The Bertz CT molecular complexity index is 1520. The summed E-state index contributed by atoms with van der Waals surface area (Å²) in [6, 6.07) is 26.3. The molecule has 210 valence electrons. The highest BCUT2D eigenvalue weighted by Gasteiger charge is 2.48. The van der Waals surface area contributed by atoms with Crippen LogP contribution in [0, 0.1) is 5.82 Å². The van der Waals surface area contributed by atoms with Crippen LogP contribution in [0.2, 0.25) is 10.0 Å². The summed E-state index contributed by atoms with van der Waals surface area (Å²) in [5.41, 5.74) is -1.28. The maximum atomic E-state index is 16.0. The van der Waals surface area contributed by atoms with Gasteiger partial charge in [0.2, 0.25) is 0 Å². The van der Waals surface area contributed by atoms with Crippen molar-refractivity contribution in [2.45, 2.75) is 17.9 Å². The average Bonchev–Trinajstić information content (AvgIpc) is 2.94. The molecule has 1 aliphatic heterocycles. The van der Waals surface area contributed by atoms with Gasteiger partial charge in [-0.3, -0.25) is 9.69 Å². The molecule has 0 aromatic heterocycles. The molecule has 0 unspecified atom stereocenters. The van der Waals surface area contributed by atoms with Crippen LogP contribution >= 0.6 is 23.2 Å². The van der Waals surface area contributed by atoms with Crippen LogP contribution in [0.1, 0.15) is 38.7 Å². The molecule has 1 heterocycles. The molecule has 0 aliphatic carbocycles. The number of benzene rings is 4. The van der Waals surface area contributed by atoms with Crippen LogP contribution in [-0.4, -0.2) is 29.9 Å². The summed E-state index contributed by atoms with van der Waals surface area (Å²) in [5, 5.41) is -1.21. The topological polar surface area (TPSA) is 20.3 Å². The number of carbonyl (C=O) groups excluding carboxylic acids is 1. The lowest BCUT2D eigenvalue weighted by atomic mass is 9.83. The lowest BCUT2D eigenvalue weighted by Crippen LogP contribution is -2.57. The molecule has 9 heteroatoms. The number of rotatable bonds is 7. The summed E-state index contributed by atoms with van der Waals surface area (Å²) in [7, 11) is 0. The number of hydrogen-bond donors (Lipinski definition) is 0. The van der Waals surface area contributed by atoms with Crippen molar-refractivity contribution in [1.82, 2.24) is 4.90 Å². The molecule has 0 saturated carbocycles. The Labute approximate surface area is 243 Å². The maximum Gasteiger partial charge on any atom is 0.417 e. The third-order valence-corrected chi connectivity index (χ3v) is 7.62. The normalized spacial score (nSPS) is 15.6. The molecule has 41 heavy (non-hydrogen) atoms. The van der Waals surface area contributed by atoms with Gasteiger partial charge in [0.05, 0.1) is 21.7 Å². The van der Waals surface area contributed by atoms with E-state index in [1.165, 1.54) is 24.3 Å². The Kier molecular flexibility index (Phi) is 8.06. The molecule has 0 bridgehead atoms. The van der Waals surface area contributed by atoms with Gasteiger partial charge in [-0.05, 0) is 40.5 Å². The molecular weight excluding hydrogens is 580 g/mol. The Morgan fingerprint density at radius 1 is 0.805 bits per heavy atom. The molecule has 0 spiro atoms.